The van der Waals surface area contributed by atoms with E-state index in [1.807, 2.05) is 11.4 Å². The monoisotopic (exact) mass is 376 g/mol. The Morgan fingerprint density at radius 3 is 2.50 bits per heavy atom. The van der Waals surface area contributed by atoms with Crippen molar-refractivity contribution < 1.29 is 14.7 Å². The zero-order valence-corrected chi connectivity index (χ0v) is 13.4. The van der Waals surface area contributed by atoms with Gasteiger partial charge in [0.15, 0.2) is 0 Å². The first-order valence-corrected chi connectivity index (χ1v) is 7.67. The van der Waals surface area contributed by atoms with Crippen LogP contribution in [0.2, 0.25) is 0 Å². The van der Waals surface area contributed by atoms with Gasteiger partial charge in [0.2, 0.25) is 0 Å². The lowest BCUT2D eigenvalue weighted by Crippen LogP contribution is -2.13. The largest absolute Gasteiger partial charge is 0.478 e. The van der Waals surface area contributed by atoms with Crippen LogP contribution in [0.25, 0.3) is 6.08 Å². The van der Waals surface area contributed by atoms with E-state index in [4.69, 9.17) is 10.4 Å². The van der Waals surface area contributed by atoms with Crippen LogP contribution in [-0.2, 0) is 4.79 Å². The number of benzene rings is 1. The van der Waals surface area contributed by atoms with Gasteiger partial charge in [-0.3, -0.25) is 4.79 Å². The summed E-state index contributed by atoms with van der Waals surface area (Å²) in [7, 11) is 0. The number of anilines is 1. The predicted molar refractivity (Wildman–Crippen MR) is 87.6 cm³/mol. The van der Waals surface area contributed by atoms with Gasteiger partial charge in [0.1, 0.15) is 11.6 Å². The Morgan fingerprint density at radius 2 is 2.00 bits per heavy atom. The molecule has 7 heteroatoms. The number of halogens is 1. The minimum atomic E-state index is -1.04. The molecule has 1 amide bonds. The highest BCUT2D eigenvalue weighted by atomic mass is 79.9. The molecule has 22 heavy (non-hydrogen) atoms. The van der Waals surface area contributed by atoms with Gasteiger partial charge in [-0.2, -0.15) is 5.26 Å². The first-order valence-electron chi connectivity index (χ1n) is 6.00. The molecular formula is C15H9BrN2O3S. The molecule has 0 saturated carbocycles. The van der Waals surface area contributed by atoms with E-state index in [9.17, 15) is 9.59 Å². The smallest absolute Gasteiger partial charge is 0.335 e. The van der Waals surface area contributed by atoms with Gasteiger partial charge in [-0.05, 0) is 63.3 Å². The molecule has 0 bridgehead atoms. The zero-order valence-electron chi connectivity index (χ0n) is 11.0. The van der Waals surface area contributed by atoms with Crippen LogP contribution in [0.4, 0.5) is 5.69 Å². The molecule has 1 aromatic heterocycles. The average molecular weight is 377 g/mol. The Labute approximate surface area is 138 Å². The van der Waals surface area contributed by atoms with Crippen LogP contribution in [-0.4, -0.2) is 17.0 Å². The molecule has 0 aliphatic heterocycles. The van der Waals surface area contributed by atoms with Crippen molar-refractivity contribution in [2.45, 2.75) is 0 Å². The molecule has 0 radical (unpaired) electrons. The molecule has 0 unspecified atom stereocenters. The van der Waals surface area contributed by atoms with E-state index in [-0.39, 0.29) is 11.1 Å². The molecule has 0 aliphatic rings. The fourth-order valence-corrected chi connectivity index (χ4v) is 2.74. The highest BCUT2D eigenvalue weighted by Crippen LogP contribution is 2.22. The standard InChI is InChI=1S/C15H9BrN2O3S/c16-13-6-9(8-22-13)5-11(7-17)14(19)18-12-3-1-10(2-4-12)15(20)21/h1-6,8H,(H,18,19)(H,20,21)/b11-5+. The minimum absolute atomic E-state index is 0.0346. The molecule has 0 aliphatic carbocycles. The number of nitrogens with zero attached hydrogens (tertiary/aromatic N) is 1. The zero-order chi connectivity index (χ0) is 16.1. The summed E-state index contributed by atoms with van der Waals surface area (Å²) in [6, 6.07) is 9.35. The van der Waals surface area contributed by atoms with Crippen molar-refractivity contribution in [3.63, 3.8) is 0 Å². The van der Waals surface area contributed by atoms with Crippen molar-refractivity contribution in [3.05, 3.63) is 56.2 Å². The third-order valence-electron chi connectivity index (χ3n) is 2.65. The van der Waals surface area contributed by atoms with Crippen molar-refractivity contribution in [2.24, 2.45) is 0 Å². The van der Waals surface area contributed by atoms with E-state index in [1.54, 1.807) is 6.07 Å². The number of amides is 1. The quantitative estimate of drug-likeness (QED) is 0.627. The summed E-state index contributed by atoms with van der Waals surface area (Å²) < 4.78 is 0.903. The number of carboxylic acid groups (broad SMARTS) is 1. The number of hydrogen-bond donors (Lipinski definition) is 2. The summed E-state index contributed by atoms with van der Waals surface area (Å²) in [5.74, 6) is -1.59. The van der Waals surface area contributed by atoms with Gasteiger partial charge >= 0.3 is 5.97 Å². The SMILES string of the molecule is N#C/C(=C\c1csc(Br)c1)C(=O)Nc1ccc(C(=O)O)cc1. The van der Waals surface area contributed by atoms with Gasteiger partial charge in [-0.25, -0.2) is 4.79 Å². The van der Waals surface area contributed by atoms with Gasteiger partial charge in [-0.15, -0.1) is 11.3 Å². The highest BCUT2D eigenvalue weighted by Gasteiger charge is 2.10. The maximum absolute atomic E-state index is 12.0. The number of thiophene rings is 1. The molecule has 2 aromatic rings. The van der Waals surface area contributed by atoms with Crippen LogP contribution >= 0.6 is 27.3 Å². The normalized spacial score (nSPS) is 10.8. The van der Waals surface area contributed by atoms with E-state index in [2.05, 4.69) is 21.2 Å². The Kier molecular flexibility index (Phi) is 5.09. The van der Waals surface area contributed by atoms with Crippen LogP contribution in [0, 0.1) is 11.3 Å². The first kappa shape index (κ1) is 15.9. The van der Waals surface area contributed by atoms with Crippen LogP contribution in [0.5, 0.6) is 0 Å². The lowest BCUT2D eigenvalue weighted by molar-refractivity contribution is -0.112. The topological polar surface area (TPSA) is 90.2 Å². The van der Waals surface area contributed by atoms with E-state index < -0.39 is 11.9 Å². The van der Waals surface area contributed by atoms with Gasteiger partial charge < -0.3 is 10.4 Å². The number of carbonyl (C=O) groups is 2. The Morgan fingerprint density at radius 1 is 1.32 bits per heavy atom. The van der Waals surface area contributed by atoms with Crippen LogP contribution in [0.3, 0.4) is 0 Å². The second kappa shape index (κ2) is 7.02. The second-order valence-electron chi connectivity index (χ2n) is 4.19. The van der Waals surface area contributed by atoms with Crippen molar-refractivity contribution >= 4 is 50.9 Å². The fourth-order valence-electron chi connectivity index (χ4n) is 1.61. The summed E-state index contributed by atoms with van der Waals surface area (Å²) in [5.41, 5.74) is 1.26. The fraction of sp³-hybridized carbons (Fsp3) is 0. The van der Waals surface area contributed by atoms with E-state index in [0.717, 1.165) is 9.35 Å². The Bertz CT molecular complexity index is 788. The van der Waals surface area contributed by atoms with E-state index >= 15 is 0 Å². The lowest BCUT2D eigenvalue weighted by atomic mass is 10.1. The highest BCUT2D eigenvalue weighted by molar-refractivity contribution is 9.11. The first-order chi connectivity index (χ1) is 10.5. The molecule has 0 saturated heterocycles. The number of rotatable bonds is 4. The maximum Gasteiger partial charge on any atom is 0.335 e. The van der Waals surface area contributed by atoms with Gasteiger partial charge in [-0.1, -0.05) is 0 Å². The van der Waals surface area contributed by atoms with Gasteiger partial charge in [0, 0.05) is 5.69 Å². The van der Waals surface area contributed by atoms with Gasteiger partial charge in [0.25, 0.3) is 5.91 Å². The molecule has 2 N–H and O–H groups in total. The lowest BCUT2D eigenvalue weighted by Gasteiger charge is -2.04. The maximum atomic E-state index is 12.0. The van der Waals surface area contributed by atoms with Gasteiger partial charge in [0.05, 0.1) is 9.35 Å². The van der Waals surface area contributed by atoms with Crippen LogP contribution < -0.4 is 5.32 Å². The number of carboxylic acids is 1. The number of nitrogens with one attached hydrogen (secondary N) is 1. The molecule has 5 nitrogen and oxygen atoms in total. The number of nitriles is 1. The van der Waals surface area contributed by atoms with Crippen LogP contribution in [0.15, 0.2) is 45.1 Å². The number of carbonyl (C=O) groups excluding carboxylic acids is 1. The third-order valence-corrected chi connectivity index (χ3v) is 4.18. The molecule has 110 valence electrons. The molecular weight excluding hydrogens is 368 g/mol. The number of aromatic carboxylic acids is 1. The molecule has 2 rings (SSSR count). The Balaban J connectivity index is 2.14. The summed E-state index contributed by atoms with van der Waals surface area (Å²) in [4.78, 5) is 22.8. The predicted octanol–water partition coefficient (Wildman–Crippen LogP) is 3.75. The molecule has 0 fully saturated rings. The van der Waals surface area contributed by atoms with Crippen molar-refractivity contribution in [2.75, 3.05) is 5.32 Å². The van der Waals surface area contributed by atoms with E-state index in [0.29, 0.717) is 5.69 Å². The average Bonchev–Trinajstić information content (AvgIpc) is 2.90. The van der Waals surface area contributed by atoms with Crippen molar-refractivity contribution in [1.82, 2.24) is 0 Å². The minimum Gasteiger partial charge on any atom is -0.478 e. The second-order valence-corrected chi connectivity index (χ2v) is 6.48. The number of hydrogen-bond acceptors (Lipinski definition) is 4. The molecule has 1 aromatic carbocycles. The summed E-state index contributed by atoms with van der Waals surface area (Å²) >= 11 is 4.76. The van der Waals surface area contributed by atoms with Crippen molar-refractivity contribution in [1.29, 1.82) is 5.26 Å². The molecule has 1 heterocycles. The molecule has 0 atom stereocenters. The Hall–Kier alpha value is -2.43. The van der Waals surface area contributed by atoms with Crippen molar-refractivity contribution in [3.8, 4) is 6.07 Å². The summed E-state index contributed by atoms with van der Waals surface area (Å²) in [6.45, 7) is 0. The third kappa shape index (κ3) is 4.04. The molecule has 0 spiro atoms. The van der Waals surface area contributed by atoms with E-state index in [1.165, 1.54) is 41.7 Å². The van der Waals surface area contributed by atoms with Crippen LogP contribution in [0.1, 0.15) is 15.9 Å². The summed E-state index contributed by atoms with van der Waals surface area (Å²) in [5, 5.41) is 22.3. The summed E-state index contributed by atoms with van der Waals surface area (Å²) in [6.07, 6.45) is 1.49.